The van der Waals surface area contributed by atoms with Gasteiger partial charge in [-0.25, -0.2) is 0 Å². The van der Waals surface area contributed by atoms with Crippen LogP contribution in [0.1, 0.15) is 45.6 Å². The van der Waals surface area contributed by atoms with Gasteiger partial charge in [-0.05, 0) is 43.9 Å². The van der Waals surface area contributed by atoms with Crippen LogP contribution in [0.5, 0.6) is 0 Å². The Kier molecular flexibility index (Phi) is 4.65. The number of anilines is 1. The average Bonchev–Trinajstić information content (AvgIpc) is 2.38. The van der Waals surface area contributed by atoms with E-state index in [9.17, 15) is 0 Å². The van der Waals surface area contributed by atoms with E-state index in [0.717, 1.165) is 6.54 Å². The van der Waals surface area contributed by atoms with Gasteiger partial charge < -0.3 is 10.2 Å². The standard InChI is InChI=1S/C16H26N2/c1-13(2)17-12-15-7-9-16(10-8-15)18-11-5-4-6-14(18)3/h7-10,13-14,17H,4-6,11-12H2,1-3H3. The number of hydrogen-bond donors (Lipinski definition) is 1. The summed E-state index contributed by atoms with van der Waals surface area (Å²) >= 11 is 0. The molecule has 0 amide bonds. The van der Waals surface area contributed by atoms with Gasteiger partial charge in [-0.15, -0.1) is 0 Å². The van der Waals surface area contributed by atoms with E-state index in [0.29, 0.717) is 12.1 Å². The van der Waals surface area contributed by atoms with Gasteiger partial charge in [-0.3, -0.25) is 0 Å². The lowest BCUT2D eigenvalue weighted by molar-refractivity contribution is 0.485. The molecular formula is C16H26N2. The molecule has 1 aliphatic rings. The van der Waals surface area contributed by atoms with Crippen LogP contribution in [0, 0.1) is 0 Å². The van der Waals surface area contributed by atoms with Gasteiger partial charge in [0.25, 0.3) is 0 Å². The largest absolute Gasteiger partial charge is 0.369 e. The number of hydrogen-bond acceptors (Lipinski definition) is 2. The lowest BCUT2D eigenvalue weighted by atomic mass is 10.0. The zero-order chi connectivity index (χ0) is 13.0. The third-order valence-corrected chi connectivity index (χ3v) is 3.79. The number of rotatable bonds is 4. The van der Waals surface area contributed by atoms with E-state index in [4.69, 9.17) is 0 Å². The third kappa shape index (κ3) is 3.49. The zero-order valence-corrected chi connectivity index (χ0v) is 11.9. The van der Waals surface area contributed by atoms with Crippen molar-refractivity contribution in [2.24, 2.45) is 0 Å². The summed E-state index contributed by atoms with van der Waals surface area (Å²) in [6.07, 6.45) is 4.05. The molecule has 1 aromatic carbocycles. The lowest BCUT2D eigenvalue weighted by Crippen LogP contribution is -2.37. The van der Waals surface area contributed by atoms with E-state index in [1.54, 1.807) is 0 Å². The Morgan fingerprint density at radius 2 is 1.94 bits per heavy atom. The Hall–Kier alpha value is -1.02. The molecule has 0 bridgehead atoms. The first kappa shape index (κ1) is 13.4. The molecule has 1 fully saturated rings. The predicted octanol–water partition coefficient (Wildman–Crippen LogP) is 3.56. The topological polar surface area (TPSA) is 15.3 Å². The molecule has 0 radical (unpaired) electrons. The first-order valence-electron chi connectivity index (χ1n) is 7.26. The van der Waals surface area contributed by atoms with Gasteiger partial charge in [-0.2, -0.15) is 0 Å². The maximum atomic E-state index is 3.46. The summed E-state index contributed by atoms with van der Waals surface area (Å²) in [7, 11) is 0. The van der Waals surface area contributed by atoms with Gasteiger partial charge in [0.2, 0.25) is 0 Å². The minimum atomic E-state index is 0.548. The monoisotopic (exact) mass is 246 g/mol. The van der Waals surface area contributed by atoms with Crippen LogP contribution < -0.4 is 10.2 Å². The van der Waals surface area contributed by atoms with Crippen LogP contribution >= 0.6 is 0 Å². The normalized spacial score (nSPS) is 20.4. The summed E-state index contributed by atoms with van der Waals surface area (Å²) in [5.74, 6) is 0. The van der Waals surface area contributed by atoms with Gasteiger partial charge in [0.15, 0.2) is 0 Å². The van der Waals surface area contributed by atoms with Crippen LogP contribution in [0.2, 0.25) is 0 Å². The van der Waals surface area contributed by atoms with Crippen LogP contribution in [0.25, 0.3) is 0 Å². The molecule has 2 nitrogen and oxygen atoms in total. The smallest absolute Gasteiger partial charge is 0.0368 e. The Bertz CT molecular complexity index is 356. The van der Waals surface area contributed by atoms with Crippen molar-refractivity contribution < 1.29 is 0 Å². The maximum absolute atomic E-state index is 3.46. The van der Waals surface area contributed by atoms with E-state index >= 15 is 0 Å². The second-order valence-electron chi connectivity index (χ2n) is 5.74. The highest BCUT2D eigenvalue weighted by Crippen LogP contribution is 2.24. The number of benzene rings is 1. The van der Waals surface area contributed by atoms with Crippen LogP contribution in [0.3, 0.4) is 0 Å². The van der Waals surface area contributed by atoms with E-state index in [-0.39, 0.29) is 0 Å². The number of nitrogens with zero attached hydrogens (tertiary/aromatic N) is 1. The highest BCUT2D eigenvalue weighted by atomic mass is 15.2. The predicted molar refractivity (Wildman–Crippen MR) is 79.1 cm³/mol. The van der Waals surface area contributed by atoms with Gasteiger partial charge in [0.05, 0.1) is 0 Å². The molecular weight excluding hydrogens is 220 g/mol. The summed E-state index contributed by atoms with van der Waals surface area (Å²) in [6.45, 7) is 8.89. The van der Waals surface area contributed by atoms with Gasteiger partial charge >= 0.3 is 0 Å². The highest BCUT2D eigenvalue weighted by Gasteiger charge is 2.18. The molecule has 1 saturated heterocycles. The molecule has 1 aromatic rings. The zero-order valence-electron chi connectivity index (χ0n) is 11.9. The van der Waals surface area contributed by atoms with Crippen molar-refractivity contribution in [2.45, 2.75) is 58.7 Å². The Morgan fingerprint density at radius 1 is 1.22 bits per heavy atom. The molecule has 1 N–H and O–H groups in total. The van der Waals surface area contributed by atoms with Crippen molar-refractivity contribution in [1.82, 2.24) is 5.32 Å². The molecule has 0 aliphatic carbocycles. The summed E-state index contributed by atoms with van der Waals surface area (Å²) < 4.78 is 0. The third-order valence-electron chi connectivity index (χ3n) is 3.79. The Labute approximate surface area is 111 Å². The Balaban J connectivity index is 1.98. The fourth-order valence-corrected chi connectivity index (χ4v) is 2.61. The van der Waals surface area contributed by atoms with Crippen LogP contribution in [0.15, 0.2) is 24.3 Å². The van der Waals surface area contributed by atoms with Crippen LogP contribution in [-0.2, 0) is 6.54 Å². The van der Waals surface area contributed by atoms with Crippen LogP contribution in [-0.4, -0.2) is 18.6 Å². The van der Waals surface area contributed by atoms with Gasteiger partial charge in [0.1, 0.15) is 0 Å². The molecule has 1 unspecified atom stereocenters. The first-order chi connectivity index (χ1) is 8.66. The van der Waals surface area contributed by atoms with Crippen molar-refractivity contribution in [3.8, 4) is 0 Å². The molecule has 100 valence electrons. The second kappa shape index (κ2) is 6.24. The van der Waals surface area contributed by atoms with E-state index in [1.165, 1.54) is 37.1 Å². The SMILES string of the molecule is CC(C)NCc1ccc(N2CCCCC2C)cc1. The fourth-order valence-electron chi connectivity index (χ4n) is 2.61. The minimum absolute atomic E-state index is 0.548. The lowest BCUT2D eigenvalue weighted by Gasteiger charge is -2.35. The fraction of sp³-hybridized carbons (Fsp3) is 0.625. The molecule has 1 heterocycles. The summed E-state index contributed by atoms with van der Waals surface area (Å²) in [4.78, 5) is 2.54. The molecule has 1 atom stereocenters. The summed E-state index contributed by atoms with van der Waals surface area (Å²) in [5, 5.41) is 3.46. The van der Waals surface area contributed by atoms with Crippen molar-refractivity contribution in [2.75, 3.05) is 11.4 Å². The molecule has 0 spiro atoms. The van der Waals surface area contributed by atoms with Crippen molar-refractivity contribution in [3.05, 3.63) is 29.8 Å². The second-order valence-corrected chi connectivity index (χ2v) is 5.74. The number of piperidine rings is 1. The van der Waals surface area contributed by atoms with Gasteiger partial charge in [0, 0.05) is 30.9 Å². The molecule has 18 heavy (non-hydrogen) atoms. The maximum Gasteiger partial charge on any atom is 0.0368 e. The molecule has 0 aromatic heterocycles. The summed E-state index contributed by atoms with van der Waals surface area (Å²) in [6, 6.07) is 10.3. The van der Waals surface area contributed by atoms with E-state index in [1.807, 2.05) is 0 Å². The summed E-state index contributed by atoms with van der Waals surface area (Å²) in [5.41, 5.74) is 2.76. The first-order valence-corrected chi connectivity index (χ1v) is 7.26. The number of nitrogens with one attached hydrogen (secondary N) is 1. The molecule has 0 saturated carbocycles. The van der Waals surface area contributed by atoms with Crippen LogP contribution in [0.4, 0.5) is 5.69 Å². The molecule has 2 heteroatoms. The van der Waals surface area contributed by atoms with Crippen molar-refractivity contribution in [1.29, 1.82) is 0 Å². The molecule has 2 rings (SSSR count). The Morgan fingerprint density at radius 3 is 2.56 bits per heavy atom. The highest BCUT2D eigenvalue weighted by molar-refractivity contribution is 5.48. The van der Waals surface area contributed by atoms with E-state index in [2.05, 4.69) is 55.3 Å². The average molecular weight is 246 g/mol. The van der Waals surface area contributed by atoms with E-state index < -0.39 is 0 Å². The van der Waals surface area contributed by atoms with Crippen molar-refractivity contribution >= 4 is 5.69 Å². The minimum Gasteiger partial charge on any atom is -0.369 e. The molecule has 1 aliphatic heterocycles. The quantitative estimate of drug-likeness (QED) is 0.874. The van der Waals surface area contributed by atoms with Gasteiger partial charge in [-0.1, -0.05) is 26.0 Å². The van der Waals surface area contributed by atoms with Crippen molar-refractivity contribution in [3.63, 3.8) is 0 Å².